The van der Waals surface area contributed by atoms with Gasteiger partial charge in [-0.3, -0.25) is 9.69 Å². The normalized spacial score (nSPS) is 15.6. The lowest BCUT2D eigenvalue weighted by atomic mass is 10.1. The lowest BCUT2D eigenvalue weighted by molar-refractivity contribution is -0.122. The Hall–Kier alpha value is -1.86. The molecule has 7 heteroatoms. The lowest BCUT2D eigenvalue weighted by Gasteiger charge is -2.31. The molecule has 1 saturated heterocycles. The maximum absolute atomic E-state index is 8.36. The fourth-order valence-electron chi connectivity index (χ4n) is 2.72. The summed E-state index contributed by atoms with van der Waals surface area (Å²) in [5.41, 5.74) is 1.35. The Kier molecular flexibility index (Phi) is 7.27. The lowest BCUT2D eigenvalue weighted by Crippen LogP contribution is -2.35. The van der Waals surface area contributed by atoms with Gasteiger partial charge in [0, 0.05) is 17.2 Å². The van der Waals surface area contributed by atoms with Crippen molar-refractivity contribution in [3.63, 3.8) is 0 Å². The Balaban J connectivity index is 0.000000647. The number of likely N-dealkylation sites (tertiary alicyclic amines) is 1. The Morgan fingerprint density at radius 2 is 2.08 bits per heavy atom. The molecule has 0 saturated carbocycles. The molecule has 0 unspecified atom stereocenters. The van der Waals surface area contributed by atoms with E-state index in [9.17, 15) is 0 Å². The molecule has 0 aliphatic carbocycles. The standard InChI is InChI=1S/C16H22N4S.CH2O2/c1-13-4-3-5-15(10-13)21-14-6-8-20(9-7-14)11-16-18-17-12-19(16)2;2-1-3/h3-5,10,12,14H,6-9,11H2,1-2H3;1H,(H,2,3). The molecule has 0 bridgehead atoms. The number of aryl methyl sites for hydroxylation is 2. The van der Waals surface area contributed by atoms with Gasteiger partial charge in [-0.25, -0.2) is 0 Å². The molecular weight excluding hydrogens is 324 g/mol. The average Bonchev–Trinajstić information content (AvgIpc) is 2.95. The molecule has 1 fully saturated rings. The molecule has 1 aromatic carbocycles. The zero-order valence-electron chi connectivity index (χ0n) is 14.1. The van der Waals surface area contributed by atoms with Crippen LogP contribution in [0.1, 0.15) is 24.2 Å². The molecule has 0 atom stereocenters. The number of benzene rings is 1. The van der Waals surface area contributed by atoms with Gasteiger partial charge in [-0.2, -0.15) is 0 Å². The van der Waals surface area contributed by atoms with Crippen LogP contribution in [0.25, 0.3) is 0 Å². The first-order valence-electron chi connectivity index (χ1n) is 7.98. The summed E-state index contributed by atoms with van der Waals surface area (Å²) in [6, 6.07) is 8.83. The highest BCUT2D eigenvalue weighted by Gasteiger charge is 2.21. The van der Waals surface area contributed by atoms with Crippen LogP contribution in [0.4, 0.5) is 0 Å². The Morgan fingerprint density at radius 1 is 1.38 bits per heavy atom. The highest BCUT2D eigenvalue weighted by molar-refractivity contribution is 8.00. The van der Waals surface area contributed by atoms with Gasteiger partial charge >= 0.3 is 0 Å². The maximum Gasteiger partial charge on any atom is 0.290 e. The van der Waals surface area contributed by atoms with Gasteiger partial charge in [0.05, 0.1) is 6.54 Å². The molecule has 1 aromatic heterocycles. The van der Waals surface area contributed by atoms with Crippen LogP contribution in [0.15, 0.2) is 35.5 Å². The summed E-state index contributed by atoms with van der Waals surface area (Å²) in [5, 5.41) is 15.7. The molecular formula is C17H24N4O2S. The van der Waals surface area contributed by atoms with Crippen molar-refractivity contribution < 1.29 is 9.90 Å². The average molecular weight is 348 g/mol. The number of rotatable bonds is 4. The van der Waals surface area contributed by atoms with Crippen LogP contribution < -0.4 is 0 Å². The van der Waals surface area contributed by atoms with Crippen molar-refractivity contribution in [2.45, 2.75) is 36.5 Å². The number of nitrogens with zero attached hydrogens (tertiary/aromatic N) is 4. The summed E-state index contributed by atoms with van der Waals surface area (Å²) in [6.45, 7) is 5.12. The molecule has 3 rings (SSSR count). The summed E-state index contributed by atoms with van der Waals surface area (Å²) in [6.07, 6.45) is 4.27. The molecule has 2 aromatic rings. The van der Waals surface area contributed by atoms with E-state index in [0.717, 1.165) is 30.7 Å². The Morgan fingerprint density at radius 3 is 2.67 bits per heavy atom. The Labute approximate surface area is 146 Å². The smallest absolute Gasteiger partial charge is 0.290 e. The van der Waals surface area contributed by atoms with Gasteiger partial charge < -0.3 is 9.67 Å². The summed E-state index contributed by atoms with van der Waals surface area (Å²) >= 11 is 2.03. The molecule has 24 heavy (non-hydrogen) atoms. The van der Waals surface area contributed by atoms with E-state index in [1.54, 1.807) is 6.33 Å². The topological polar surface area (TPSA) is 71.2 Å². The highest BCUT2D eigenvalue weighted by atomic mass is 32.2. The second kappa shape index (κ2) is 9.44. The van der Waals surface area contributed by atoms with Crippen molar-refractivity contribution >= 4 is 18.2 Å². The summed E-state index contributed by atoms with van der Waals surface area (Å²) in [5.74, 6) is 1.06. The van der Waals surface area contributed by atoms with Crippen LogP contribution in [0.3, 0.4) is 0 Å². The van der Waals surface area contributed by atoms with E-state index in [2.05, 4.69) is 46.3 Å². The first-order valence-corrected chi connectivity index (χ1v) is 8.86. The van der Waals surface area contributed by atoms with Gasteiger partial charge in [-0.05, 0) is 45.0 Å². The SMILES string of the molecule is Cc1cccc(SC2CCN(Cc3nncn3C)CC2)c1.O=CO. The third kappa shape index (κ3) is 5.65. The van der Waals surface area contributed by atoms with E-state index < -0.39 is 0 Å². The van der Waals surface area contributed by atoms with E-state index in [0.29, 0.717) is 0 Å². The van der Waals surface area contributed by atoms with Gasteiger partial charge in [-0.1, -0.05) is 17.7 Å². The highest BCUT2D eigenvalue weighted by Crippen LogP contribution is 2.31. The molecule has 0 spiro atoms. The minimum absolute atomic E-state index is 0.250. The van der Waals surface area contributed by atoms with Crippen molar-refractivity contribution in [1.82, 2.24) is 19.7 Å². The maximum atomic E-state index is 8.36. The number of hydrogen-bond acceptors (Lipinski definition) is 5. The zero-order valence-corrected chi connectivity index (χ0v) is 14.9. The molecule has 1 aliphatic heterocycles. The molecule has 1 N–H and O–H groups in total. The molecule has 6 nitrogen and oxygen atoms in total. The van der Waals surface area contributed by atoms with E-state index in [-0.39, 0.29) is 6.47 Å². The first kappa shape index (κ1) is 18.5. The fourth-order valence-corrected chi connectivity index (χ4v) is 3.96. The zero-order chi connectivity index (χ0) is 17.4. The third-order valence-electron chi connectivity index (χ3n) is 4.00. The van der Waals surface area contributed by atoms with E-state index >= 15 is 0 Å². The van der Waals surface area contributed by atoms with Crippen LogP contribution >= 0.6 is 11.8 Å². The van der Waals surface area contributed by atoms with Crippen molar-refractivity contribution in [2.24, 2.45) is 7.05 Å². The van der Waals surface area contributed by atoms with Crippen LogP contribution in [0.5, 0.6) is 0 Å². The van der Waals surface area contributed by atoms with Crippen LogP contribution in [-0.2, 0) is 18.4 Å². The van der Waals surface area contributed by atoms with Gasteiger partial charge in [0.25, 0.3) is 6.47 Å². The van der Waals surface area contributed by atoms with Crippen molar-refractivity contribution in [2.75, 3.05) is 13.1 Å². The van der Waals surface area contributed by atoms with Crippen LogP contribution in [0.2, 0.25) is 0 Å². The number of aromatic nitrogens is 3. The molecule has 1 aliphatic rings. The second-order valence-corrected chi connectivity index (χ2v) is 7.25. The van der Waals surface area contributed by atoms with Gasteiger partial charge in [0.15, 0.2) is 0 Å². The minimum Gasteiger partial charge on any atom is -0.483 e. The molecule has 0 radical (unpaired) electrons. The van der Waals surface area contributed by atoms with E-state index in [1.807, 2.05) is 23.4 Å². The van der Waals surface area contributed by atoms with Gasteiger partial charge in [-0.15, -0.1) is 22.0 Å². The monoisotopic (exact) mass is 348 g/mol. The number of carbonyl (C=O) groups is 1. The largest absolute Gasteiger partial charge is 0.483 e. The van der Waals surface area contributed by atoms with Crippen molar-refractivity contribution in [3.05, 3.63) is 42.0 Å². The molecule has 130 valence electrons. The summed E-state index contributed by atoms with van der Waals surface area (Å²) < 4.78 is 2.01. The van der Waals surface area contributed by atoms with E-state index in [1.165, 1.54) is 23.3 Å². The van der Waals surface area contributed by atoms with E-state index in [4.69, 9.17) is 9.90 Å². The second-order valence-electron chi connectivity index (χ2n) is 5.87. The van der Waals surface area contributed by atoms with Gasteiger partial charge in [0.2, 0.25) is 0 Å². The van der Waals surface area contributed by atoms with Gasteiger partial charge in [0.1, 0.15) is 12.2 Å². The number of piperidine rings is 1. The van der Waals surface area contributed by atoms with Crippen LogP contribution in [0, 0.1) is 6.92 Å². The summed E-state index contributed by atoms with van der Waals surface area (Å²) in [4.78, 5) is 12.2. The fraction of sp³-hybridized carbons (Fsp3) is 0.471. The molecule has 0 amide bonds. The predicted octanol–water partition coefficient (Wildman–Crippen LogP) is 2.58. The minimum atomic E-state index is -0.250. The summed E-state index contributed by atoms with van der Waals surface area (Å²) in [7, 11) is 2.01. The van der Waals surface area contributed by atoms with Crippen molar-refractivity contribution in [1.29, 1.82) is 0 Å². The van der Waals surface area contributed by atoms with Crippen molar-refractivity contribution in [3.8, 4) is 0 Å². The molecule has 2 heterocycles. The predicted molar refractivity (Wildman–Crippen MR) is 95.0 cm³/mol. The Bertz CT molecular complexity index is 639. The van der Waals surface area contributed by atoms with Crippen LogP contribution in [-0.4, -0.2) is 49.6 Å². The first-order chi connectivity index (χ1) is 11.6. The number of carboxylic acid groups (broad SMARTS) is 1. The number of thioether (sulfide) groups is 1. The third-order valence-corrected chi connectivity index (χ3v) is 5.33. The quantitative estimate of drug-likeness (QED) is 0.857. The number of hydrogen-bond donors (Lipinski definition) is 1.